The van der Waals surface area contributed by atoms with Crippen molar-refractivity contribution in [1.29, 1.82) is 0 Å². The first-order chi connectivity index (χ1) is 11.5. The first-order valence-corrected chi connectivity index (χ1v) is 8.18. The number of cyclic esters (lactones) is 1. The number of methoxy groups -OCH3 is 1. The van der Waals surface area contributed by atoms with Gasteiger partial charge in [-0.15, -0.1) is 0 Å². The normalized spacial score (nSPS) is 20.0. The summed E-state index contributed by atoms with van der Waals surface area (Å²) in [5.74, 6) is 0.697. The fourth-order valence-electron chi connectivity index (χ4n) is 3.12. The molecule has 0 radical (unpaired) electrons. The van der Waals surface area contributed by atoms with Crippen LogP contribution >= 0.6 is 0 Å². The molecule has 0 bridgehead atoms. The van der Waals surface area contributed by atoms with Crippen LogP contribution in [0.2, 0.25) is 0 Å². The molecule has 7 nitrogen and oxygen atoms in total. The second-order valence-electron chi connectivity index (χ2n) is 6.41. The summed E-state index contributed by atoms with van der Waals surface area (Å²) in [5, 5.41) is 2.93. The lowest BCUT2D eigenvalue weighted by Gasteiger charge is -2.33. The zero-order chi connectivity index (χ0) is 17.3. The second-order valence-corrected chi connectivity index (χ2v) is 6.41. The van der Waals surface area contributed by atoms with Crippen molar-refractivity contribution in [3.63, 3.8) is 0 Å². The molecular formula is C17H23N3O4. The van der Waals surface area contributed by atoms with Crippen LogP contribution in [-0.2, 0) is 11.3 Å². The summed E-state index contributed by atoms with van der Waals surface area (Å²) < 4.78 is 10.5. The molecular weight excluding hydrogens is 310 g/mol. The smallest absolute Gasteiger partial charge is 0.414 e. The van der Waals surface area contributed by atoms with E-state index in [9.17, 15) is 9.59 Å². The minimum Gasteiger partial charge on any atom is -0.497 e. The zero-order valence-corrected chi connectivity index (χ0v) is 14.2. The Morgan fingerprint density at radius 2 is 2.21 bits per heavy atom. The van der Waals surface area contributed by atoms with Gasteiger partial charge in [-0.05, 0) is 44.0 Å². The van der Waals surface area contributed by atoms with Gasteiger partial charge in [0, 0.05) is 19.1 Å². The van der Waals surface area contributed by atoms with Crippen LogP contribution in [0.5, 0.6) is 5.75 Å². The minimum absolute atomic E-state index is 0.0562. The van der Waals surface area contributed by atoms with E-state index in [-0.39, 0.29) is 24.2 Å². The van der Waals surface area contributed by atoms with Crippen LogP contribution in [0.4, 0.5) is 15.3 Å². The summed E-state index contributed by atoms with van der Waals surface area (Å²) in [6.07, 6.45) is 0.356. The average molecular weight is 333 g/mol. The lowest BCUT2D eigenvalue weighted by Crippen LogP contribution is -2.46. The third-order valence-corrected chi connectivity index (χ3v) is 4.30. The van der Waals surface area contributed by atoms with Gasteiger partial charge in [-0.3, -0.25) is 4.90 Å². The van der Waals surface area contributed by atoms with E-state index in [1.54, 1.807) is 16.9 Å². The number of hydrogen-bond acceptors (Lipinski definition) is 4. The standard InChI is InChI=1S/C17H23N3O4/c1-11(2)18-16(21)19-7-6-13-10-24-17(22)20(13)15-5-4-14(23-3)8-12(15)9-19/h4-5,8,11,13H,6-7,9-10H2,1-3H3,(H,18,21). The van der Waals surface area contributed by atoms with Crippen molar-refractivity contribution in [1.82, 2.24) is 10.2 Å². The van der Waals surface area contributed by atoms with Gasteiger partial charge in [-0.2, -0.15) is 0 Å². The Morgan fingerprint density at radius 1 is 1.42 bits per heavy atom. The molecule has 0 aromatic heterocycles. The number of carbonyl (C=O) groups is 2. The van der Waals surface area contributed by atoms with E-state index in [0.717, 1.165) is 11.3 Å². The number of urea groups is 1. The summed E-state index contributed by atoms with van der Waals surface area (Å²) in [6.45, 7) is 5.20. The third kappa shape index (κ3) is 3.11. The summed E-state index contributed by atoms with van der Waals surface area (Å²) >= 11 is 0. The number of anilines is 1. The molecule has 1 aromatic carbocycles. The quantitative estimate of drug-likeness (QED) is 0.902. The Morgan fingerprint density at radius 3 is 2.92 bits per heavy atom. The molecule has 1 atom stereocenters. The molecule has 1 aromatic rings. The molecule has 130 valence electrons. The van der Waals surface area contributed by atoms with E-state index in [0.29, 0.717) is 31.9 Å². The molecule has 24 heavy (non-hydrogen) atoms. The fraction of sp³-hybridized carbons (Fsp3) is 0.529. The lowest BCUT2D eigenvalue weighted by atomic mass is 10.1. The van der Waals surface area contributed by atoms with Gasteiger partial charge in [0.25, 0.3) is 0 Å². The molecule has 3 rings (SSSR count). The van der Waals surface area contributed by atoms with Crippen molar-refractivity contribution in [2.24, 2.45) is 0 Å². The largest absolute Gasteiger partial charge is 0.497 e. The van der Waals surface area contributed by atoms with E-state index in [1.165, 1.54) is 0 Å². The minimum atomic E-state index is -0.327. The number of fused-ring (bicyclic) bond motifs is 3. The molecule has 0 aliphatic carbocycles. The average Bonchev–Trinajstić information content (AvgIpc) is 2.88. The molecule has 7 heteroatoms. The number of amides is 3. The molecule has 0 spiro atoms. The third-order valence-electron chi connectivity index (χ3n) is 4.30. The predicted molar refractivity (Wildman–Crippen MR) is 89.3 cm³/mol. The number of hydrogen-bond donors (Lipinski definition) is 1. The van der Waals surface area contributed by atoms with Crippen LogP contribution in [0.15, 0.2) is 18.2 Å². The number of rotatable bonds is 2. The first-order valence-electron chi connectivity index (χ1n) is 8.18. The number of ether oxygens (including phenoxy) is 2. The van der Waals surface area contributed by atoms with Gasteiger partial charge in [-0.25, -0.2) is 9.59 Å². The van der Waals surface area contributed by atoms with E-state index < -0.39 is 0 Å². The highest BCUT2D eigenvalue weighted by molar-refractivity contribution is 5.91. The van der Waals surface area contributed by atoms with Gasteiger partial charge >= 0.3 is 12.1 Å². The Kier molecular flexibility index (Phi) is 4.51. The first kappa shape index (κ1) is 16.4. The van der Waals surface area contributed by atoms with E-state index in [2.05, 4.69) is 5.32 Å². The number of nitrogens with one attached hydrogen (secondary N) is 1. The van der Waals surface area contributed by atoms with E-state index in [4.69, 9.17) is 9.47 Å². The van der Waals surface area contributed by atoms with E-state index >= 15 is 0 Å². The summed E-state index contributed by atoms with van der Waals surface area (Å²) in [7, 11) is 1.60. The zero-order valence-electron chi connectivity index (χ0n) is 14.2. The van der Waals surface area contributed by atoms with Crippen molar-refractivity contribution in [3.05, 3.63) is 23.8 Å². The van der Waals surface area contributed by atoms with Crippen molar-refractivity contribution < 1.29 is 19.1 Å². The maximum absolute atomic E-state index is 12.5. The van der Waals surface area contributed by atoms with Crippen LogP contribution < -0.4 is 15.0 Å². The molecule has 1 fully saturated rings. The molecule has 2 aliphatic heterocycles. The number of benzene rings is 1. The summed E-state index contributed by atoms with van der Waals surface area (Å²) in [6, 6.07) is 5.47. The highest BCUT2D eigenvalue weighted by Crippen LogP contribution is 2.33. The maximum Gasteiger partial charge on any atom is 0.414 e. The van der Waals surface area contributed by atoms with Crippen molar-refractivity contribution >= 4 is 17.8 Å². The van der Waals surface area contributed by atoms with Gasteiger partial charge in [0.2, 0.25) is 0 Å². The van der Waals surface area contributed by atoms with Crippen molar-refractivity contribution in [2.45, 2.75) is 38.9 Å². The predicted octanol–water partition coefficient (Wildman–Crippen LogP) is 2.34. The maximum atomic E-state index is 12.5. The van der Waals surface area contributed by atoms with Crippen LogP contribution in [0.1, 0.15) is 25.8 Å². The highest BCUT2D eigenvalue weighted by Gasteiger charge is 2.37. The van der Waals surface area contributed by atoms with E-state index in [1.807, 2.05) is 32.0 Å². The Labute approximate surface area is 141 Å². The molecule has 3 amide bonds. The fourth-order valence-corrected chi connectivity index (χ4v) is 3.12. The highest BCUT2D eigenvalue weighted by atomic mass is 16.6. The number of carbonyl (C=O) groups excluding carboxylic acids is 2. The SMILES string of the molecule is COc1ccc2c(c1)CN(C(=O)NC(C)C)CCC1COC(=O)N21. The van der Waals surface area contributed by atoms with Gasteiger partial charge < -0.3 is 19.7 Å². The van der Waals surface area contributed by atoms with Gasteiger partial charge in [0.05, 0.1) is 18.8 Å². The number of nitrogens with zero attached hydrogens (tertiary/aromatic N) is 2. The van der Waals surface area contributed by atoms with Gasteiger partial charge in [0.1, 0.15) is 12.4 Å². The molecule has 0 saturated carbocycles. The van der Waals surface area contributed by atoms with Gasteiger partial charge in [0.15, 0.2) is 0 Å². The molecule has 1 N–H and O–H groups in total. The van der Waals surface area contributed by atoms with Crippen molar-refractivity contribution in [3.8, 4) is 5.75 Å². The Bertz CT molecular complexity index is 647. The molecule has 2 aliphatic rings. The van der Waals surface area contributed by atoms with Gasteiger partial charge in [-0.1, -0.05) is 0 Å². The topological polar surface area (TPSA) is 71.1 Å². The molecule has 1 unspecified atom stereocenters. The van der Waals surface area contributed by atoms with Crippen LogP contribution in [0.3, 0.4) is 0 Å². The monoisotopic (exact) mass is 333 g/mol. The van der Waals surface area contributed by atoms with Crippen LogP contribution in [0, 0.1) is 0 Å². The summed E-state index contributed by atoms with van der Waals surface area (Å²) in [5.41, 5.74) is 1.65. The van der Waals surface area contributed by atoms with Crippen LogP contribution in [-0.4, -0.2) is 49.4 Å². The molecule has 2 heterocycles. The molecule has 1 saturated heterocycles. The summed E-state index contributed by atoms with van der Waals surface area (Å²) in [4.78, 5) is 28.1. The second kappa shape index (κ2) is 6.59. The van der Waals surface area contributed by atoms with Crippen molar-refractivity contribution in [2.75, 3.05) is 25.2 Å². The Hall–Kier alpha value is -2.44. The van der Waals surface area contributed by atoms with Crippen LogP contribution in [0.25, 0.3) is 0 Å². The lowest BCUT2D eigenvalue weighted by molar-refractivity contribution is 0.176. The Balaban J connectivity index is 1.96.